The van der Waals surface area contributed by atoms with Crippen molar-refractivity contribution in [2.45, 2.75) is 25.9 Å². The molecule has 3 N–H and O–H groups in total. The number of nitrogens with two attached hydrogens (primary N) is 1. The van der Waals surface area contributed by atoms with Gasteiger partial charge in [-0.3, -0.25) is 9.48 Å². The van der Waals surface area contributed by atoms with E-state index in [0.717, 1.165) is 12.2 Å². The number of nitrogens with zero attached hydrogens (tertiary/aromatic N) is 2. The van der Waals surface area contributed by atoms with E-state index in [1.807, 2.05) is 13.0 Å². The van der Waals surface area contributed by atoms with Gasteiger partial charge in [-0.15, -0.1) is 0 Å². The van der Waals surface area contributed by atoms with Gasteiger partial charge in [-0.25, -0.2) is 0 Å². The predicted octanol–water partition coefficient (Wildman–Crippen LogP) is 0.205. The van der Waals surface area contributed by atoms with Crippen LogP contribution < -0.4 is 11.1 Å². The van der Waals surface area contributed by atoms with Crippen molar-refractivity contribution in [3.8, 4) is 0 Å². The zero-order valence-corrected chi connectivity index (χ0v) is 9.64. The Bertz CT molecular complexity index is 337. The molecule has 0 aromatic carbocycles. The Morgan fingerprint density at radius 1 is 1.75 bits per heavy atom. The van der Waals surface area contributed by atoms with Gasteiger partial charge in [-0.2, -0.15) is 5.10 Å². The van der Waals surface area contributed by atoms with E-state index in [2.05, 4.69) is 10.4 Å². The van der Waals surface area contributed by atoms with Crippen molar-refractivity contribution >= 4 is 11.7 Å². The summed E-state index contributed by atoms with van der Waals surface area (Å²) in [6.07, 6.45) is 2.62. The molecule has 1 atom stereocenters. The van der Waals surface area contributed by atoms with Gasteiger partial charge in [0.05, 0.1) is 0 Å². The molecule has 1 heterocycles. The summed E-state index contributed by atoms with van der Waals surface area (Å²) >= 11 is 0. The Morgan fingerprint density at radius 3 is 3.12 bits per heavy atom. The average Bonchev–Trinajstić information content (AvgIpc) is 2.61. The topological polar surface area (TPSA) is 82.2 Å². The second kappa shape index (κ2) is 6.12. The summed E-state index contributed by atoms with van der Waals surface area (Å²) in [5.74, 6) is 0.340. The molecule has 16 heavy (non-hydrogen) atoms. The normalized spacial score (nSPS) is 12.4. The second-order valence-electron chi connectivity index (χ2n) is 3.69. The minimum absolute atomic E-state index is 0.105. The quantitative estimate of drug-likeness (QED) is 0.696. The van der Waals surface area contributed by atoms with E-state index in [-0.39, 0.29) is 12.6 Å². The van der Waals surface area contributed by atoms with Crippen molar-refractivity contribution in [1.82, 2.24) is 9.78 Å². The highest BCUT2D eigenvalue weighted by molar-refractivity contribution is 5.73. The molecule has 0 radical (unpaired) electrons. The Labute approximate surface area is 94.8 Å². The Hall–Kier alpha value is -1.56. The molecule has 1 amide bonds. The first-order valence-electron chi connectivity index (χ1n) is 5.19. The summed E-state index contributed by atoms with van der Waals surface area (Å²) in [5, 5.41) is 7.37. The molecule has 0 bridgehead atoms. The number of carbonyl (C=O) groups excluding carboxylic acids is 1. The van der Waals surface area contributed by atoms with Crippen LogP contribution >= 0.6 is 0 Å². The van der Waals surface area contributed by atoms with E-state index < -0.39 is 5.91 Å². The van der Waals surface area contributed by atoms with Crippen molar-refractivity contribution in [2.24, 2.45) is 5.73 Å². The highest BCUT2D eigenvalue weighted by atomic mass is 16.5. The lowest BCUT2D eigenvalue weighted by molar-refractivity contribution is -0.118. The molecule has 0 saturated heterocycles. The molecular formula is C10H18N4O2. The maximum atomic E-state index is 10.7. The number of hydrogen-bond donors (Lipinski definition) is 2. The van der Waals surface area contributed by atoms with Crippen molar-refractivity contribution in [3.05, 3.63) is 12.3 Å². The summed E-state index contributed by atoms with van der Waals surface area (Å²) in [5.41, 5.74) is 5.06. The second-order valence-corrected chi connectivity index (χ2v) is 3.69. The molecule has 0 aliphatic carbocycles. The largest absolute Gasteiger partial charge is 0.385 e. The van der Waals surface area contributed by atoms with E-state index in [1.165, 1.54) is 4.68 Å². The van der Waals surface area contributed by atoms with Crippen LogP contribution in [0.5, 0.6) is 0 Å². The molecular weight excluding hydrogens is 208 g/mol. The fraction of sp³-hybridized carbons (Fsp3) is 0.600. The zero-order valence-electron chi connectivity index (χ0n) is 9.64. The number of amides is 1. The van der Waals surface area contributed by atoms with Gasteiger partial charge < -0.3 is 15.8 Å². The van der Waals surface area contributed by atoms with E-state index in [9.17, 15) is 4.79 Å². The number of ether oxygens (including phenoxy) is 1. The Balaban J connectivity index is 2.42. The average molecular weight is 226 g/mol. The maximum absolute atomic E-state index is 10.7. The van der Waals surface area contributed by atoms with E-state index >= 15 is 0 Å². The molecule has 0 saturated carbocycles. The van der Waals surface area contributed by atoms with Gasteiger partial charge in [0, 0.05) is 32.0 Å². The molecule has 6 nitrogen and oxygen atoms in total. The van der Waals surface area contributed by atoms with Crippen LogP contribution in [0.2, 0.25) is 0 Å². The number of anilines is 1. The van der Waals surface area contributed by atoms with Crippen LogP contribution in [0, 0.1) is 0 Å². The van der Waals surface area contributed by atoms with Crippen LogP contribution in [0.15, 0.2) is 12.3 Å². The third-order valence-corrected chi connectivity index (χ3v) is 2.11. The smallest absolute Gasteiger partial charge is 0.239 e. The van der Waals surface area contributed by atoms with Crippen molar-refractivity contribution in [2.75, 3.05) is 19.0 Å². The number of rotatable bonds is 7. The van der Waals surface area contributed by atoms with Gasteiger partial charge in [0.2, 0.25) is 5.91 Å². The molecule has 1 rings (SSSR count). The molecule has 0 fully saturated rings. The monoisotopic (exact) mass is 226 g/mol. The minimum atomic E-state index is -0.401. The standard InChI is InChI=1S/C10H18N4O2/c1-8(4-6-16-2)12-10-3-5-14(13-10)7-9(11)15/h3,5,8H,4,6-7H2,1-2H3,(H2,11,15)(H,12,13). The Morgan fingerprint density at radius 2 is 2.50 bits per heavy atom. The molecule has 0 spiro atoms. The van der Waals surface area contributed by atoms with Crippen LogP contribution in [0.3, 0.4) is 0 Å². The summed E-state index contributed by atoms with van der Waals surface area (Å²) in [6, 6.07) is 2.09. The summed E-state index contributed by atoms with van der Waals surface area (Å²) in [6.45, 7) is 2.86. The fourth-order valence-electron chi connectivity index (χ4n) is 1.31. The van der Waals surface area contributed by atoms with Crippen LogP contribution in [-0.4, -0.2) is 35.4 Å². The summed E-state index contributed by atoms with van der Waals surface area (Å²) in [4.78, 5) is 10.7. The van der Waals surface area contributed by atoms with E-state index in [0.29, 0.717) is 6.61 Å². The van der Waals surface area contributed by atoms with Crippen LogP contribution in [0.4, 0.5) is 5.82 Å². The summed E-state index contributed by atoms with van der Waals surface area (Å²) < 4.78 is 6.49. The number of aromatic nitrogens is 2. The van der Waals surface area contributed by atoms with Gasteiger partial charge in [-0.1, -0.05) is 0 Å². The molecule has 90 valence electrons. The molecule has 1 aromatic heterocycles. The third kappa shape index (κ3) is 4.31. The van der Waals surface area contributed by atoms with Gasteiger partial charge >= 0.3 is 0 Å². The number of carbonyl (C=O) groups is 1. The van der Waals surface area contributed by atoms with Crippen molar-refractivity contribution in [3.63, 3.8) is 0 Å². The van der Waals surface area contributed by atoms with Crippen LogP contribution in [0.25, 0.3) is 0 Å². The molecule has 1 unspecified atom stereocenters. The first-order valence-corrected chi connectivity index (χ1v) is 5.19. The van der Waals surface area contributed by atoms with E-state index in [4.69, 9.17) is 10.5 Å². The number of methoxy groups -OCH3 is 1. The number of hydrogen-bond acceptors (Lipinski definition) is 4. The van der Waals surface area contributed by atoms with Gasteiger partial charge in [0.1, 0.15) is 12.4 Å². The van der Waals surface area contributed by atoms with Gasteiger partial charge in [-0.05, 0) is 13.3 Å². The van der Waals surface area contributed by atoms with Crippen molar-refractivity contribution < 1.29 is 9.53 Å². The number of primary amides is 1. The highest BCUT2D eigenvalue weighted by Gasteiger charge is 2.05. The maximum Gasteiger partial charge on any atom is 0.239 e. The fourth-order valence-corrected chi connectivity index (χ4v) is 1.31. The third-order valence-electron chi connectivity index (χ3n) is 2.11. The predicted molar refractivity (Wildman–Crippen MR) is 61.0 cm³/mol. The Kier molecular flexibility index (Phi) is 4.78. The lowest BCUT2D eigenvalue weighted by atomic mass is 10.2. The van der Waals surface area contributed by atoms with Gasteiger partial charge in [0.15, 0.2) is 0 Å². The lowest BCUT2D eigenvalue weighted by Gasteiger charge is -2.11. The number of nitrogens with one attached hydrogen (secondary N) is 1. The highest BCUT2D eigenvalue weighted by Crippen LogP contribution is 2.06. The minimum Gasteiger partial charge on any atom is -0.385 e. The SMILES string of the molecule is COCCC(C)Nc1ccn(CC(N)=O)n1. The van der Waals surface area contributed by atoms with Crippen LogP contribution in [-0.2, 0) is 16.1 Å². The first kappa shape index (κ1) is 12.5. The van der Waals surface area contributed by atoms with E-state index in [1.54, 1.807) is 13.3 Å². The molecule has 6 heteroatoms. The lowest BCUT2D eigenvalue weighted by Crippen LogP contribution is -2.20. The zero-order chi connectivity index (χ0) is 12.0. The van der Waals surface area contributed by atoms with Crippen LogP contribution in [0.1, 0.15) is 13.3 Å². The van der Waals surface area contributed by atoms with Crippen molar-refractivity contribution in [1.29, 1.82) is 0 Å². The first-order chi connectivity index (χ1) is 7.61. The molecule has 1 aromatic rings. The van der Waals surface area contributed by atoms with Gasteiger partial charge in [0.25, 0.3) is 0 Å². The molecule has 0 aliphatic heterocycles. The summed E-state index contributed by atoms with van der Waals surface area (Å²) in [7, 11) is 1.67. The molecule has 0 aliphatic rings.